The molecule has 156 valence electrons. The van der Waals surface area contributed by atoms with Gasteiger partial charge in [0.25, 0.3) is 0 Å². The number of anilines is 1. The number of furan rings is 1. The van der Waals surface area contributed by atoms with E-state index in [1.807, 2.05) is 37.3 Å². The first-order chi connectivity index (χ1) is 15.0. The van der Waals surface area contributed by atoms with Gasteiger partial charge in [0.1, 0.15) is 5.76 Å². The molecule has 0 aliphatic carbocycles. The maximum atomic E-state index is 12.5. The van der Waals surface area contributed by atoms with Gasteiger partial charge in [-0.1, -0.05) is 30.3 Å². The maximum Gasteiger partial charge on any atom is 0.336 e. The number of carbonyl (C=O) groups is 2. The highest BCUT2D eigenvalue weighted by atomic mass is 32.2. The van der Waals surface area contributed by atoms with Crippen molar-refractivity contribution in [2.24, 2.45) is 0 Å². The van der Waals surface area contributed by atoms with Gasteiger partial charge in [-0.25, -0.2) is 9.78 Å². The minimum absolute atomic E-state index is 0.0960. The van der Waals surface area contributed by atoms with Gasteiger partial charge in [-0.3, -0.25) is 4.79 Å². The summed E-state index contributed by atoms with van der Waals surface area (Å²) in [5.41, 5.74) is 2.83. The molecular weight excluding hydrogens is 412 g/mol. The van der Waals surface area contributed by atoms with Crippen molar-refractivity contribution in [3.8, 4) is 11.3 Å². The minimum atomic E-state index is -0.996. The summed E-state index contributed by atoms with van der Waals surface area (Å²) in [5.74, 6) is 0.365. The van der Waals surface area contributed by atoms with Crippen molar-refractivity contribution >= 4 is 40.2 Å². The number of aromatic carboxylic acids is 1. The molecule has 0 fully saturated rings. The lowest BCUT2D eigenvalue weighted by atomic mass is 10.0. The average Bonchev–Trinajstić information content (AvgIpc) is 3.30. The fraction of sp³-hybridized carbons (Fsp3) is 0.125. The van der Waals surface area contributed by atoms with Crippen LogP contribution in [0.25, 0.3) is 22.2 Å². The lowest BCUT2D eigenvalue weighted by Gasteiger charge is -2.12. The van der Waals surface area contributed by atoms with Crippen LogP contribution in [0.1, 0.15) is 23.0 Å². The van der Waals surface area contributed by atoms with E-state index in [1.165, 1.54) is 11.8 Å². The summed E-state index contributed by atoms with van der Waals surface area (Å²) in [4.78, 5) is 28.7. The maximum absolute atomic E-state index is 12.5. The standard InChI is InChI=1S/C24H20N2O4S/c1-15(31-14-18-5-4-12-30-18)23(27)25-17-10-8-16(9-11-17)22-13-20(24(28)29)19-6-2-3-7-21(19)26-22/h2-13,15H,14H2,1H3,(H,25,27)(H,28,29). The molecule has 2 aromatic carbocycles. The Morgan fingerprint density at radius 3 is 2.58 bits per heavy atom. The molecule has 0 saturated heterocycles. The third-order valence-electron chi connectivity index (χ3n) is 4.82. The zero-order valence-corrected chi connectivity index (χ0v) is 17.6. The van der Waals surface area contributed by atoms with Crippen LogP contribution in [-0.2, 0) is 10.5 Å². The van der Waals surface area contributed by atoms with Gasteiger partial charge in [-0.15, -0.1) is 11.8 Å². The molecule has 31 heavy (non-hydrogen) atoms. The van der Waals surface area contributed by atoms with Gasteiger partial charge in [0, 0.05) is 16.6 Å². The lowest BCUT2D eigenvalue weighted by molar-refractivity contribution is -0.115. The van der Waals surface area contributed by atoms with Crippen molar-refractivity contribution in [1.29, 1.82) is 0 Å². The van der Waals surface area contributed by atoms with Crippen LogP contribution >= 0.6 is 11.8 Å². The summed E-state index contributed by atoms with van der Waals surface area (Å²) in [7, 11) is 0. The van der Waals surface area contributed by atoms with Crippen LogP contribution in [0.2, 0.25) is 0 Å². The van der Waals surface area contributed by atoms with E-state index in [1.54, 1.807) is 42.7 Å². The first-order valence-electron chi connectivity index (χ1n) is 9.69. The van der Waals surface area contributed by atoms with Crippen molar-refractivity contribution in [3.05, 3.63) is 84.3 Å². The Labute approximate surface area is 183 Å². The predicted octanol–water partition coefficient (Wildman–Crippen LogP) is 5.45. The molecule has 2 heterocycles. The number of carbonyl (C=O) groups excluding carboxylic acids is 1. The predicted molar refractivity (Wildman–Crippen MR) is 122 cm³/mol. The topological polar surface area (TPSA) is 92.4 Å². The molecule has 1 unspecified atom stereocenters. The molecule has 1 amide bonds. The third kappa shape index (κ3) is 4.78. The number of hydrogen-bond acceptors (Lipinski definition) is 5. The molecule has 0 saturated carbocycles. The average molecular weight is 433 g/mol. The molecule has 1 atom stereocenters. The summed E-state index contributed by atoms with van der Waals surface area (Å²) in [6, 6.07) is 19.7. The van der Waals surface area contributed by atoms with Crippen molar-refractivity contribution in [1.82, 2.24) is 4.98 Å². The van der Waals surface area contributed by atoms with E-state index in [4.69, 9.17) is 4.42 Å². The molecular formula is C24H20N2O4S. The summed E-state index contributed by atoms with van der Waals surface area (Å²) in [6.07, 6.45) is 1.62. The van der Waals surface area contributed by atoms with Crippen molar-refractivity contribution < 1.29 is 19.1 Å². The fourth-order valence-electron chi connectivity index (χ4n) is 3.15. The molecule has 4 rings (SSSR count). The lowest BCUT2D eigenvalue weighted by Crippen LogP contribution is -2.22. The molecule has 7 heteroatoms. The van der Waals surface area contributed by atoms with Crippen LogP contribution in [0, 0.1) is 0 Å². The largest absolute Gasteiger partial charge is 0.478 e. The third-order valence-corrected chi connectivity index (χ3v) is 5.98. The number of benzene rings is 2. The molecule has 2 aromatic heterocycles. The van der Waals surface area contributed by atoms with Crippen molar-refractivity contribution in [2.75, 3.05) is 5.32 Å². The monoisotopic (exact) mass is 432 g/mol. The number of fused-ring (bicyclic) bond motifs is 1. The summed E-state index contributed by atoms with van der Waals surface area (Å²) >= 11 is 1.50. The number of carboxylic acid groups (broad SMARTS) is 1. The Hall–Kier alpha value is -3.58. The van der Waals surface area contributed by atoms with E-state index in [0.717, 1.165) is 11.3 Å². The number of pyridine rings is 1. The number of nitrogens with zero attached hydrogens (tertiary/aromatic N) is 1. The van der Waals surface area contributed by atoms with Crippen LogP contribution < -0.4 is 5.32 Å². The van der Waals surface area contributed by atoms with Crippen LogP contribution in [0.15, 0.2) is 77.4 Å². The fourth-order valence-corrected chi connectivity index (χ4v) is 3.93. The zero-order chi connectivity index (χ0) is 21.8. The number of amides is 1. The number of thioether (sulfide) groups is 1. The van der Waals surface area contributed by atoms with Gasteiger partial charge in [0.2, 0.25) is 5.91 Å². The number of para-hydroxylation sites is 1. The molecule has 4 aromatic rings. The number of rotatable bonds is 7. The van der Waals surface area contributed by atoms with Gasteiger partial charge in [0.05, 0.1) is 34.0 Å². The van der Waals surface area contributed by atoms with E-state index < -0.39 is 5.97 Å². The van der Waals surface area contributed by atoms with E-state index in [-0.39, 0.29) is 16.7 Å². The highest BCUT2D eigenvalue weighted by Crippen LogP contribution is 2.26. The molecule has 0 aliphatic rings. The Morgan fingerprint density at radius 2 is 1.87 bits per heavy atom. The van der Waals surface area contributed by atoms with E-state index in [0.29, 0.717) is 28.0 Å². The van der Waals surface area contributed by atoms with E-state index >= 15 is 0 Å². The van der Waals surface area contributed by atoms with Gasteiger partial charge in [0.15, 0.2) is 0 Å². The quantitative estimate of drug-likeness (QED) is 0.403. The number of hydrogen-bond donors (Lipinski definition) is 2. The van der Waals surface area contributed by atoms with Crippen LogP contribution in [0.5, 0.6) is 0 Å². The second-order valence-electron chi connectivity index (χ2n) is 6.98. The van der Waals surface area contributed by atoms with Gasteiger partial charge in [-0.2, -0.15) is 0 Å². The van der Waals surface area contributed by atoms with E-state index in [2.05, 4.69) is 10.3 Å². The highest BCUT2D eigenvalue weighted by Gasteiger charge is 2.15. The first kappa shape index (κ1) is 20.7. The number of aromatic nitrogens is 1. The Balaban J connectivity index is 1.48. The second-order valence-corrected chi connectivity index (χ2v) is 8.31. The molecule has 0 bridgehead atoms. The molecule has 0 spiro atoms. The van der Waals surface area contributed by atoms with E-state index in [9.17, 15) is 14.7 Å². The molecule has 0 radical (unpaired) electrons. The normalized spacial score (nSPS) is 11.9. The Bertz CT molecular complexity index is 1220. The first-order valence-corrected chi connectivity index (χ1v) is 10.7. The molecule has 0 aliphatic heterocycles. The van der Waals surface area contributed by atoms with Gasteiger partial charge < -0.3 is 14.8 Å². The zero-order valence-electron chi connectivity index (χ0n) is 16.7. The van der Waals surface area contributed by atoms with Crippen molar-refractivity contribution in [2.45, 2.75) is 17.9 Å². The van der Waals surface area contributed by atoms with Crippen LogP contribution in [0.4, 0.5) is 5.69 Å². The smallest absolute Gasteiger partial charge is 0.336 e. The SMILES string of the molecule is CC(SCc1ccco1)C(=O)Nc1ccc(-c2cc(C(=O)O)c3ccccc3n2)cc1. The molecule has 6 nitrogen and oxygen atoms in total. The van der Waals surface area contributed by atoms with Crippen LogP contribution in [-0.4, -0.2) is 27.2 Å². The summed E-state index contributed by atoms with van der Waals surface area (Å²) < 4.78 is 5.29. The van der Waals surface area contributed by atoms with Crippen molar-refractivity contribution in [3.63, 3.8) is 0 Å². The summed E-state index contributed by atoms with van der Waals surface area (Å²) in [6.45, 7) is 1.85. The Kier molecular flexibility index (Phi) is 6.04. The van der Waals surface area contributed by atoms with Crippen LogP contribution in [0.3, 0.4) is 0 Å². The Morgan fingerprint density at radius 1 is 1.10 bits per heavy atom. The minimum Gasteiger partial charge on any atom is -0.478 e. The highest BCUT2D eigenvalue weighted by molar-refractivity contribution is 7.99. The number of carboxylic acids is 1. The molecule has 2 N–H and O–H groups in total. The number of nitrogens with one attached hydrogen (secondary N) is 1. The van der Waals surface area contributed by atoms with Gasteiger partial charge in [-0.05, 0) is 43.3 Å². The summed E-state index contributed by atoms with van der Waals surface area (Å²) in [5, 5.41) is 12.8. The second kappa shape index (κ2) is 9.06. The van der Waals surface area contributed by atoms with Gasteiger partial charge >= 0.3 is 5.97 Å².